The standard InChI is InChI=1S/C17H22N2OS/c1-12-9-15(13(2)21-12)16(10-18)19-7-8-20-17-6-4-3-5-14(17)11-19/h3-6,9,16H,7-8,10-11,18H2,1-2H3. The fraction of sp³-hybridized carbons (Fsp3) is 0.412. The third kappa shape index (κ3) is 2.98. The molecule has 1 atom stereocenters. The summed E-state index contributed by atoms with van der Waals surface area (Å²) in [6, 6.07) is 10.9. The average molecular weight is 302 g/mol. The van der Waals surface area contributed by atoms with Crippen molar-refractivity contribution in [3.63, 3.8) is 0 Å². The van der Waals surface area contributed by atoms with Gasteiger partial charge in [0.25, 0.3) is 0 Å². The molecule has 0 aliphatic carbocycles. The van der Waals surface area contributed by atoms with Gasteiger partial charge < -0.3 is 10.5 Å². The minimum Gasteiger partial charge on any atom is -0.492 e. The Morgan fingerprint density at radius 2 is 2.14 bits per heavy atom. The van der Waals surface area contributed by atoms with Crippen LogP contribution in [0.4, 0.5) is 0 Å². The Morgan fingerprint density at radius 1 is 1.33 bits per heavy atom. The summed E-state index contributed by atoms with van der Waals surface area (Å²) in [6.07, 6.45) is 0. The van der Waals surface area contributed by atoms with Crippen molar-refractivity contribution < 1.29 is 4.74 Å². The van der Waals surface area contributed by atoms with Crippen molar-refractivity contribution in [3.05, 3.63) is 51.2 Å². The van der Waals surface area contributed by atoms with Crippen molar-refractivity contribution >= 4 is 11.3 Å². The number of ether oxygens (including phenoxy) is 1. The van der Waals surface area contributed by atoms with E-state index in [4.69, 9.17) is 10.5 Å². The predicted octanol–water partition coefficient (Wildman–Crippen LogP) is 3.26. The highest BCUT2D eigenvalue weighted by Crippen LogP contribution is 2.32. The lowest BCUT2D eigenvalue weighted by atomic mass is 10.0. The van der Waals surface area contributed by atoms with Crippen LogP contribution in [-0.2, 0) is 6.54 Å². The second-order valence-corrected chi connectivity index (χ2v) is 7.01. The summed E-state index contributed by atoms with van der Waals surface area (Å²) in [4.78, 5) is 5.18. The number of para-hydroxylation sites is 1. The third-order valence-electron chi connectivity index (χ3n) is 4.08. The SMILES string of the molecule is Cc1cc(C(CN)N2CCOc3ccccc3C2)c(C)s1. The van der Waals surface area contributed by atoms with Gasteiger partial charge in [-0.05, 0) is 31.5 Å². The average Bonchev–Trinajstić information content (AvgIpc) is 2.69. The molecule has 1 aromatic carbocycles. The monoisotopic (exact) mass is 302 g/mol. The van der Waals surface area contributed by atoms with E-state index in [9.17, 15) is 0 Å². The fourth-order valence-electron chi connectivity index (χ4n) is 3.07. The topological polar surface area (TPSA) is 38.5 Å². The van der Waals surface area contributed by atoms with Gasteiger partial charge in [0.05, 0.1) is 0 Å². The third-order valence-corrected chi connectivity index (χ3v) is 5.07. The Balaban J connectivity index is 1.89. The van der Waals surface area contributed by atoms with E-state index >= 15 is 0 Å². The first-order valence-corrected chi connectivity index (χ1v) is 8.22. The van der Waals surface area contributed by atoms with Crippen LogP contribution in [0.3, 0.4) is 0 Å². The van der Waals surface area contributed by atoms with Crippen molar-refractivity contribution in [3.8, 4) is 5.75 Å². The predicted molar refractivity (Wildman–Crippen MR) is 87.9 cm³/mol. The van der Waals surface area contributed by atoms with Gasteiger partial charge in [-0.1, -0.05) is 18.2 Å². The Hall–Kier alpha value is -1.36. The molecule has 1 unspecified atom stereocenters. The van der Waals surface area contributed by atoms with Gasteiger partial charge in [-0.15, -0.1) is 11.3 Å². The van der Waals surface area contributed by atoms with E-state index in [2.05, 4.69) is 43.0 Å². The molecule has 1 aliphatic heterocycles. The second-order valence-electron chi connectivity index (χ2n) is 5.55. The quantitative estimate of drug-likeness (QED) is 0.946. The van der Waals surface area contributed by atoms with Gasteiger partial charge in [0.1, 0.15) is 12.4 Å². The van der Waals surface area contributed by atoms with Gasteiger partial charge in [-0.25, -0.2) is 0 Å². The molecule has 2 heterocycles. The van der Waals surface area contributed by atoms with Crippen LogP contribution in [0.2, 0.25) is 0 Å². The lowest BCUT2D eigenvalue weighted by molar-refractivity contribution is 0.172. The second kappa shape index (κ2) is 6.18. The van der Waals surface area contributed by atoms with Crippen LogP contribution in [0.5, 0.6) is 5.75 Å². The Bertz CT molecular complexity index is 623. The molecule has 0 fully saturated rings. The van der Waals surface area contributed by atoms with E-state index in [0.29, 0.717) is 6.54 Å². The zero-order valence-corrected chi connectivity index (χ0v) is 13.5. The van der Waals surface area contributed by atoms with E-state index in [0.717, 1.165) is 25.4 Å². The summed E-state index contributed by atoms with van der Waals surface area (Å²) in [5.41, 5.74) is 8.73. The number of benzene rings is 1. The van der Waals surface area contributed by atoms with E-state index < -0.39 is 0 Å². The maximum Gasteiger partial charge on any atom is 0.123 e. The summed E-state index contributed by atoms with van der Waals surface area (Å²) in [7, 11) is 0. The van der Waals surface area contributed by atoms with Crippen molar-refractivity contribution in [2.24, 2.45) is 5.73 Å². The molecule has 0 radical (unpaired) electrons. The van der Waals surface area contributed by atoms with Crippen molar-refractivity contribution in [1.82, 2.24) is 4.90 Å². The summed E-state index contributed by atoms with van der Waals surface area (Å²) >= 11 is 1.85. The highest BCUT2D eigenvalue weighted by molar-refractivity contribution is 7.12. The maximum atomic E-state index is 6.11. The zero-order chi connectivity index (χ0) is 14.8. The molecule has 1 aromatic heterocycles. The van der Waals surface area contributed by atoms with Gasteiger partial charge in [-0.3, -0.25) is 4.90 Å². The number of nitrogens with two attached hydrogens (primary N) is 1. The van der Waals surface area contributed by atoms with Crippen molar-refractivity contribution in [2.75, 3.05) is 19.7 Å². The number of aryl methyl sites for hydroxylation is 2. The van der Waals surface area contributed by atoms with Crippen molar-refractivity contribution in [2.45, 2.75) is 26.4 Å². The minimum atomic E-state index is 0.268. The van der Waals surface area contributed by atoms with Gasteiger partial charge in [0, 0.05) is 41.0 Å². The molecule has 2 N–H and O–H groups in total. The number of hydrogen-bond acceptors (Lipinski definition) is 4. The highest BCUT2D eigenvalue weighted by atomic mass is 32.1. The van der Waals surface area contributed by atoms with Gasteiger partial charge >= 0.3 is 0 Å². The number of nitrogens with zero attached hydrogens (tertiary/aromatic N) is 1. The molecule has 112 valence electrons. The molecular formula is C17H22N2OS. The van der Waals surface area contributed by atoms with Crippen LogP contribution in [0, 0.1) is 13.8 Å². The van der Waals surface area contributed by atoms with Crippen LogP contribution in [-0.4, -0.2) is 24.6 Å². The fourth-order valence-corrected chi connectivity index (χ4v) is 4.05. The van der Waals surface area contributed by atoms with Gasteiger partial charge in [-0.2, -0.15) is 0 Å². The zero-order valence-electron chi connectivity index (χ0n) is 12.6. The van der Waals surface area contributed by atoms with E-state index in [1.807, 2.05) is 17.4 Å². The summed E-state index contributed by atoms with van der Waals surface area (Å²) in [5.74, 6) is 1.01. The molecule has 1 aliphatic rings. The van der Waals surface area contributed by atoms with Crippen molar-refractivity contribution in [1.29, 1.82) is 0 Å². The Morgan fingerprint density at radius 3 is 2.86 bits per heavy atom. The van der Waals surface area contributed by atoms with Gasteiger partial charge in [0.2, 0.25) is 0 Å². The molecule has 0 bridgehead atoms. The first kappa shape index (κ1) is 14.6. The maximum absolute atomic E-state index is 6.11. The molecule has 0 saturated heterocycles. The molecule has 0 saturated carbocycles. The molecule has 21 heavy (non-hydrogen) atoms. The van der Waals surface area contributed by atoms with E-state index in [1.54, 1.807) is 0 Å². The molecule has 0 spiro atoms. The van der Waals surface area contributed by atoms with Crippen LogP contribution >= 0.6 is 11.3 Å². The number of fused-ring (bicyclic) bond motifs is 1. The smallest absolute Gasteiger partial charge is 0.123 e. The molecule has 0 amide bonds. The van der Waals surface area contributed by atoms with E-state index in [-0.39, 0.29) is 6.04 Å². The molecule has 3 rings (SSSR count). The van der Waals surface area contributed by atoms with Crippen LogP contribution < -0.4 is 10.5 Å². The van der Waals surface area contributed by atoms with Crippen LogP contribution in [0.1, 0.15) is 26.9 Å². The first-order chi connectivity index (χ1) is 10.2. The lowest BCUT2D eigenvalue weighted by Gasteiger charge is -2.29. The number of rotatable bonds is 3. The van der Waals surface area contributed by atoms with E-state index in [1.165, 1.54) is 20.9 Å². The number of hydrogen-bond donors (Lipinski definition) is 1. The Kier molecular flexibility index (Phi) is 4.29. The molecule has 3 nitrogen and oxygen atoms in total. The summed E-state index contributed by atoms with van der Waals surface area (Å²) < 4.78 is 5.86. The Labute approximate surface area is 130 Å². The lowest BCUT2D eigenvalue weighted by Crippen LogP contribution is -2.35. The highest BCUT2D eigenvalue weighted by Gasteiger charge is 2.25. The molecule has 2 aromatic rings. The normalized spacial score (nSPS) is 16.9. The van der Waals surface area contributed by atoms with Gasteiger partial charge in [0.15, 0.2) is 0 Å². The number of thiophene rings is 1. The minimum absolute atomic E-state index is 0.268. The molecule has 4 heteroatoms. The van der Waals surface area contributed by atoms with Crippen LogP contribution in [0.15, 0.2) is 30.3 Å². The largest absolute Gasteiger partial charge is 0.492 e. The van der Waals surface area contributed by atoms with Crippen LogP contribution in [0.25, 0.3) is 0 Å². The molecular weight excluding hydrogens is 280 g/mol. The summed E-state index contributed by atoms with van der Waals surface area (Å²) in [6.45, 7) is 7.51. The first-order valence-electron chi connectivity index (χ1n) is 7.41. The summed E-state index contributed by atoms with van der Waals surface area (Å²) in [5, 5.41) is 0.